The Morgan fingerprint density at radius 2 is 2.15 bits per heavy atom. The van der Waals surface area contributed by atoms with Gasteiger partial charge in [0.1, 0.15) is 0 Å². The van der Waals surface area contributed by atoms with Gasteiger partial charge in [0.25, 0.3) is 0 Å². The second kappa shape index (κ2) is 5.22. The highest BCUT2D eigenvalue weighted by atomic mass is 35.5. The Balaban J connectivity index is 2.84. The maximum atomic E-state index is 6.00. The maximum absolute atomic E-state index is 6.00. The largest absolute Gasteiger partial charge is 0.372 e. The molecule has 0 saturated carbocycles. The van der Waals surface area contributed by atoms with E-state index >= 15 is 0 Å². The van der Waals surface area contributed by atoms with E-state index in [0.717, 1.165) is 5.56 Å². The molecule has 72 valence electrons. The smallest absolute Gasteiger partial charge is 0.0961 e. The van der Waals surface area contributed by atoms with Crippen LogP contribution in [0.3, 0.4) is 0 Å². The molecule has 0 aliphatic rings. The summed E-state index contributed by atoms with van der Waals surface area (Å²) in [4.78, 5) is 0. The van der Waals surface area contributed by atoms with Crippen LogP contribution in [-0.2, 0) is 4.74 Å². The molecule has 0 aliphatic carbocycles. The van der Waals surface area contributed by atoms with Crippen molar-refractivity contribution < 1.29 is 4.74 Å². The fraction of sp³-hybridized carbons (Fsp3) is 0.400. The van der Waals surface area contributed by atoms with Crippen LogP contribution in [0.2, 0.25) is 5.02 Å². The van der Waals surface area contributed by atoms with E-state index in [1.54, 1.807) is 0 Å². The van der Waals surface area contributed by atoms with Crippen molar-refractivity contribution in [2.24, 2.45) is 5.73 Å². The van der Waals surface area contributed by atoms with Gasteiger partial charge in [-0.3, -0.25) is 0 Å². The molecule has 0 heterocycles. The lowest BCUT2D eigenvalue weighted by molar-refractivity contribution is 0.0689. The lowest BCUT2D eigenvalue weighted by atomic mass is 10.1. The highest BCUT2D eigenvalue weighted by Gasteiger charge is 2.11. The number of hydrogen-bond donors (Lipinski definition) is 1. The molecule has 0 fully saturated rings. The molecule has 0 aliphatic heterocycles. The van der Waals surface area contributed by atoms with Gasteiger partial charge in [0.15, 0.2) is 0 Å². The van der Waals surface area contributed by atoms with Crippen LogP contribution in [0, 0.1) is 0 Å². The summed E-state index contributed by atoms with van der Waals surface area (Å²) in [5, 5.41) is 0.714. The van der Waals surface area contributed by atoms with E-state index < -0.39 is 0 Å². The molecule has 2 nitrogen and oxygen atoms in total. The quantitative estimate of drug-likeness (QED) is 0.808. The molecular weight excluding hydrogens is 186 g/mol. The first-order valence-electron chi connectivity index (χ1n) is 4.35. The lowest BCUT2D eigenvalue weighted by Crippen LogP contribution is -2.16. The molecule has 0 spiro atoms. The van der Waals surface area contributed by atoms with Gasteiger partial charge in [0.05, 0.1) is 6.10 Å². The Bertz CT molecular complexity index is 265. The number of hydrogen-bond acceptors (Lipinski definition) is 2. The monoisotopic (exact) mass is 199 g/mol. The topological polar surface area (TPSA) is 35.2 Å². The summed E-state index contributed by atoms with van der Waals surface area (Å²) in [5.41, 5.74) is 6.54. The maximum Gasteiger partial charge on any atom is 0.0961 e. The minimum atomic E-state index is -0.0845. The van der Waals surface area contributed by atoms with Crippen molar-refractivity contribution in [3.63, 3.8) is 0 Å². The van der Waals surface area contributed by atoms with Crippen LogP contribution in [0.5, 0.6) is 0 Å². The Hall–Kier alpha value is -0.570. The zero-order chi connectivity index (χ0) is 9.68. The molecule has 1 atom stereocenters. The van der Waals surface area contributed by atoms with Gasteiger partial charge >= 0.3 is 0 Å². The SMILES string of the molecule is CCO[C@@H](CN)c1ccccc1Cl. The van der Waals surface area contributed by atoms with Gasteiger partial charge in [-0.25, -0.2) is 0 Å². The molecule has 2 N–H and O–H groups in total. The summed E-state index contributed by atoms with van der Waals surface area (Å²) in [6.45, 7) is 3.05. The number of benzene rings is 1. The van der Waals surface area contributed by atoms with Gasteiger partial charge in [-0.15, -0.1) is 0 Å². The summed E-state index contributed by atoms with van der Waals surface area (Å²) in [5.74, 6) is 0. The van der Waals surface area contributed by atoms with E-state index in [-0.39, 0.29) is 6.10 Å². The first-order valence-corrected chi connectivity index (χ1v) is 4.73. The summed E-state index contributed by atoms with van der Waals surface area (Å²) in [7, 11) is 0. The first-order chi connectivity index (χ1) is 6.29. The normalized spacial score (nSPS) is 12.8. The van der Waals surface area contributed by atoms with Crippen molar-refractivity contribution in [2.75, 3.05) is 13.2 Å². The second-order valence-corrected chi connectivity index (χ2v) is 3.11. The summed E-state index contributed by atoms with van der Waals surface area (Å²) >= 11 is 6.00. The predicted molar refractivity (Wildman–Crippen MR) is 54.9 cm³/mol. The summed E-state index contributed by atoms with van der Waals surface area (Å²) in [6, 6.07) is 7.61. The molecular formula is C10H14ClNO. The average Bonchev–Trinajstić information content (AvgIpc) is 2.16. The van der Waals surface area contributed by atoms with Crippen LogP contribution in [0.25, 0.3) is 0 Å². The van der Waals surface area contributed by atoms with Gasteiger partial charge in [-0.05, 0) is 13.0 Å². The highest BCUT2D eigenvalue weighted by molar-refractivity contribution is 6.31. The van der Waals surface area contributed by atoms with Crippen molar-refractivity contribution >= 4 is 11.6 Å². The van der Waals surface area contributed by atoms with Crippen molar-refractivity contribution in [2.45, 2.75) is 13.0 Å². The van der Waals surface area contributed by atoms with Crippen molar-refractivity contribution in [3.05, 3.63) is 34.9 Å². The van der Waals surface area contributed by atoms with Crippen LogP contribution in [0.15, 0.2) is 24.3 Å². The standard InChI is InChI=1S/C10H14ClNO/c1-2-13-10(7-12)8-5-3-4-6-9(8)11/h3-6,10H,2,7,12H2,1H3/t10-/m0/s1. The number of halogens is 1. The highest BCUT2D eigenvalue weighted by Crippen LogP contribution is 2.24. The zero-order valence-electron chi connectivity index (χ0n) is 7.66. The molecule has 13 heavy (non-hydrogen) atoms. The molecule has 1 rings (SSSR count). The third-order valence-corrected chi connectivity index (χ3v) is 2.18. The van der Waals surface area contributed by atoms with E-state index in [0.29, 0.717) is 18.2 Å². The summed E-state index contributed by atoms with van der Waals surface area (Å²) < 4.78 is 5.45. The van der Waals surface area contributed by atoms with Crippen LogP contribution >= 0.6 is 11.6 Å². The Kier molecular flexibility index (Phi) is 4.22. The second-order valence-electron chi connectivity index (χ2n) is 2.70. The molecule has 0 bridgehead atoms. The van der Waals surface area contributed by atoms with Crippen molar-refractivity contribution in [1.82, 2.24) is 0 Å². The molecule has 0 radical (unpaired) electrons. The summed E-state index contributed by atoms with van der Waals surface area (Å²) in [6.07, 6.45) is -0.0845. The first kappa shape index (κ1) is 10.5. The molecule has 1 aromatic rings. The fourth-order valence-electron chi connectivity index (χ4n) is 1.22. The predicted octanol–water partition coefficient (Wildman–Crippen LogP) is 2.38. The Morgan fingerprint density at radius 1 is 1.46 bits per heavy atom. The molecule has 1 aromatic carbocycles. The number of nitrogens with two attached hydrogens (primary N) is 1. The number of rotatable bonds is 4. The van der Waals surface area contributed by atoms with Crippen LogP contribution < -0.4 is 5.73 Å². The minimum absolute atomic E-state index is 0.0845. The van der Waals surface area contributed by atoms with E-state index in [2.05, 4.69) is 0 Å². The van der Waals surface area contributed by atoms with E-state index in [1.807, 2.05) is 31.2 Å². The average molecular weight is 200 g/mol. The lowest BCUT2D eigenvalue weighted by Gasteiger charge is -2.16. The molecule has 0 amide bonds. The minimum Gasteiger partial charge on any atom is -0.372 e. The molecule has 0 unspecified atom stereocenters. The van der Waals surface area contributed by atoms with Gasteiger partial charge in [-0.2, -0.15) is 0 Å². The van der Waals surface area contributed by atoms with Gasteiger partial charge in [0, 0.05) is 23.7 Å². The zero-order valence-corrected chi connectivity index (χ0v) is 8.42. The third-order valence-electron chi connectivity index (χ3n) is 1.83. The van der Waals surface area contributed by atoms with E-state index in [9.17, 15) is 0 Å². The molecule has 0 saturated heterocycles. The van der Waals surface area contributed by atoms with Crippen LogP contribution in [0.4, 0.5) is 0 Å². The Morgan fingerprint density at radius 3 is 2.69 bits per heavy atom. The van der Waals surface area contributed by atoms with Crippen molar-refractivity contribution in [1.29, 1.82) is 0 Å². The Labute approximate surface area is 83.6 Å². The van der Waals surface area contributed by atoms with Gasteiger partial charge in [0.2, 0.25) is 0 Å². The van der Waals surface area contributed by atoms with E-state index in [1.165, 1.54) is 0 Å². The van der Waals surface area contributed by atoms with Gasteiger partial charge < -0.3 is 10.5 Å². The van der Waals surface area contributed by atoms with Crippen LogP contribution in [-0.4, -0.2) is 13.2 Å². The fourth-order valence-corrected chi connectivity index (χ4v) is 1.48. The molecule has 3 heteroatoms. The third kappa shape index (κ3) is 2.69. The number of ether oxygens (including phenoxy) is 1. The van der Waals surface area contributed by atoms with E-state index in [4.69, 9.17) is 22.1 Å². The van der Waals surface area contributed by atoms with Gasteiger partial charge in [-0.1, -0.05) is 29.8 Å². The molecule has 0 aromatic heterocycles. The van der Waals surface area contributed by atoms with Crippen molar-refractivity contribution in [3.8, 4) is 0 Å². The van der Waals surface area contributed by atoms with Crippen LogP contribution in [0.1, 0.15) is 18.6 Å².